The van der Waals surface area contributed by atoms with Crippen LogP contribution < -0.4 is 10.6 Å². The molecule has 134 valence electrons. The summed E-state index contributed by atoms with van der Waals surface area (Å²) in [6, 6.07) is 15.9. The molecule has 0 fully saturated rings. The van der Waals surface area contributed by atoms with Gasteiger partial charge in [0.1, 0.15) is 0 Å². The van der Waals surface area contributed by atoms with Gasteiger partial charge in [-0.1, -0.05) is 54.1 Å². The predicted octanol–water partition coefficient (Wildman–Crippen LogP) is 3.75. The molecular weight excluding hydrogens is 352 g/mol. The SMILES string of the molecule is CC1=C(C(=O)OCCc2ccccc2)[C@@H](c2cccc(Cl)c2)NC(=O)N1. The number of benzene rings is 2. The number of carbonyl (C=O) groups is 2. The Morgan fingerprint density at radius 2 is 1.92 bits per heavy atom. The van der Waals surface area contributed by atoms with Crippen LogP contribution in [-0.4, -0.2) is 18.6 Å². The Kier molecular flexibility index (Phi) is 5.58. The molecule has 2 N–H and O–H groups in total. The number of ether oxygens (including phenoxy) is 1. The van der Waals surface area contributed by atoms with Crippen LogP contribution in [0.25, 0.3) is 0 Å². The van der Waals surface area contributed by atoms with Crippen LogP contribution in [-0.2, 0) is 16.0 Å². The van der Waals surface area contributed by atoms with E-state index in [2.05, 4.69) is 10.6 Å². The second-order valence-corrected chi connectivity index (χ2v) is 6.43. The normalized spacial score (nSPS) is 16.7. The Labute approximate surface area is 157 Å². The van der Waals surface area contributed by atoms with Gasteiger partial charge in [0.05, 0.1) is 18.2 Å². The molecule has 0 aliphatic carbocycles. The number of carbonyl (C=O) groups excluding carboxylic acids is 2. The first-order valence-electron chi connectivity index (χ1n) is 8.29. The minimum Gasteiger partial charge on any atom is -0.462 e. The van der Waals surface area contributed by atoms with E-state index in [1.807, 2.05) is 36.4 Å². The summed E-state index contributed by atoms with van der Waals surface area (Å²) in [5, 5.41) is 5.92. The van der Waals surface area contributed by atoms with Gasteiger partial charge in [-0.3, -0.25) is 0 Å². The van der Waals surface area contributed by atoms with Gasteiger partial charge in [-0.15, -0.1) is 0 Å². The van der Waals surface area contributed by atoms with Gasteiger partial charge in [0.25, 0.3) is 0 Å². The van der Waals surface area contributed by atoms with E-state index >= 15 is 0 Å². The van der Waals surface area contributed by atoms with E-state index in [0.717, 1.165) is 11.1 Å². The molecule has 2 aromatic carbocycles. The topological polar surface area (TPSA) is 67.4 Å². The van der Waals surface area contributed by atoms with Crippen molar-refractivity contribution in [2.75, 3.05) is 6.61 Å². The van der Waals surface area contributed by atoms with Gasteiger partial charge in [-0.2, -0.15) is 0 Å². The summed E-state index contributed by atoms with van der Waals surface area (Å²) in [7, 11) is 0. The maximum absolute atomic E-state index is 12.7. The van der Waals surface area contributed by atoms with E-state index in [1.165, 1.54) is 0 Å². The molecule has 2 aromatic rings. The third-order valence-electron chi connectivity index (χ3n) is 4.14. The Morgan fingerprint density at radius 1 is 1.15 bits per heavy atom. The number of halogens is 1. The van der Waals surface area contributed by atoms with Crippen molar-refractivity contribution < 1.29 is 14.3 Å². The summed E-state index contributed by atoms with van der Waals surface area (Å²) in [6.45, 7) is 1.94. The average Bonchev–Trinajstić information content (AvgIpc) is 2.62. The number of amides is 2. The van der Waals surface area contributed by atoms with Crippen molar-refractivity contribution in [2.45, 2.75) is 19.4 Å². The van der Waals surface area contributed by atoms with Crippen LogP contribution >= 0.6 is 11.6 Å². The Morgan fingerprint density at radius 3 is 2.65 bits per heavy atom. The molecule has 0 unspecified atom stereocenters. The van der Waals surface area contributed by atoms with E-state index in [-0.39, 0.29) is 12.6 Å². The maximum Gasteiger partial charge on any atom is 0.338 e. The lowest BCUT2D eigenvalue weighted by atomic mass is 9.95. The lowest BCUT2D eigenvalue weighted by molar-refractivity contribution is -0.139. The van der Waals surface area contributed by atoms with Crippen LogP contribution in [0.15, 0.2) is 65.9 Å². The molecule has 1 aliphatic heterocycles. The number of nitrogens with one attached hydrogen (secondary N) is 2. The number of hydrogen-bond acceptors (Lipinski definition) is 3. The first-order valence-corrected chi connectivity index (χ1v) is 8.67. The fourth-order valence-corrected chi connectivity index (χ4v) is 3.08. The predicted molar refractivity (Wildman–Crippen MR) is 99.7 cm³/mol. The third-order valence-corrected chi connectivity index (χ3v) is 4.37. The number of hydrogen-bond donors (Lipinski definition) is 2. The van der Waals surface area contributed by atoms with Crippen LogP contribution in [0.1, 0.15) is 24.1 Å². The number of rotatable bonds is 5. The Balaban J connectivity index is 1.76. The summed E-state index contributed by atoms with van der Waals surface area (Å²) < 4.78 is 5.45. The monoisotopic (exact) mass is 370 g/mol. The molecular formula is C20H19ClN2O3. The van der Waals surface area contributed by atoms with E-state index in [4.69, 9.17) is 16.3 Å². The van der Waals surface area contributed by atoms with Crippen LogP contribution in [0.5, 0.6) is 0 Å². The van der Waals surface area contributed by atoms with Gasteiger partial charge in [-0.25, -0.2) is 9.59 Å². The molecule has 1 aliphatic rings. The highest BCUT2D eigenvalue weighted by molar-refractivity contribution is 6.30. The van der Waals surface area contributed by atoms with Gasteiger partial charge in [0.2, 0.25) is 0 Å². The lowest BCUT2D eigenvalue weighted by Gasteiger charge is -2.28. The molecule has 0 spiro atoms. The molecule has 3 rings (SSSR count). The van der Waals surface area contributed by atoms with Gasteiger partial charge >= 0.3 is 12.0 Å². The van der Waals surface area contributed by atoms with Gasteiger partial charge < -0.3 is 15.4 Å². The summed E-state index contributed by atoms with van der Waals surface area (Å²) >= 11 is 6.06. The third kappa shape index (κ3) is 4.24. The zero-order chi connectivity index (χ0) is 18.5. The number of urea groups is 1. The molecule has 5 nitrogen and oxygen atoms in total. The molecule has 0 bridgehead atoms. The highest BCUT2D eigenvalue weighted by Gasteiger charge is 2.32. The zero-order valence-electron chi connectivity index (χ0n) is 14.3. The van der Waals surface area contributed by atoms with Crippen molar-refractivity contribution in [3.8, 4) is 0 Å². The lowest BCUT2D eigenvalue weighted by Crippen LogP contribution is -2.45. The summed E-state index contributed by atoms with van der Waals surface area (Å²) in [5.41, 5.74) is 2.66. The molecule has 2 amide bonds. The van der Waals surface area contributed by atoms with Gasteiger partial charge in [-0.05, 0) is 30.2 Å². The number of esters is 1. The largest absolute Gasteiger partial charge is 0.462 e. The zero-order valence-corrected chi connectivity index (χ0v) is 15.0. The molecule has 1 heterocycles. The fourth-order valence-electron chi connectivity index (χ4n) is 2.88. The van der Waals surface area contributed by atoms with Crippen molar-refractivity contribution in [3.63, 3.8) is 0 Å². The highest BCUT2D eigenvalue weighted by Crippen LogP contribution is 2.29. The van der Waals surface area contributed by atoms with Crippen LogP contribution in [0.2, 0.25) is 5.02 Å². The average molecular weight is 371 g/mol. The van der Waals surface area contributed by atoms with E-state index in [1.54, 1.807) is 25.1 Å². The molecule has 0 saturated carbocycles. The van der Waals surface area contributed by atoms with Crippen molar-refractivity contribution in [1.82, 2.24) is 10.6 Å². The highest BCUT2D eigenvalue weighted by atomic mass is 35.5. The van der Waals surface area contributed by atoms with Gasteiger partial charge in [0, 0.05) is 17.1 Å². The van der Waals surface area contributed by atoms with E-state index < -0.39 is 12.0 Å². The van der Waals surface area contributed by atoms with Gasteiger partial charge in [0.15, 0.2) is 0 Å². The van der Waals surface area contributed by atoms with E-state index in [9.17, 15) is 9.59 Å². The smallest absolute Gasteiger partial charge is 0.338 e. The minimum absolute atomic E-state index is 0.260. The summed E-state index contributed by atoms with van der Waals surface area (Å²) in [5.74, 6) is -0.462. The standard InChI is InChI=1S/C20H19ClN2O3/c1-13-17(19(24)26-11-10-14-6-3-2-4-7-14)18(23-20(25)22-13)15-8-5-9-16(21)12-15/h2-9,12,18H,10-11H2,1H3,(H2,22,23,25)/t18-/m1/s1. The molecule has 26 heavy (non-hydrogen) atoms. The van der Waals surface area contributed by atoms with Crippen molar-refractivity contribution >= 4 is 23.6 Å². The summed E-state index contributed by atoms with van der Waals surface area (Å²) in [4.78, 5) is 24.5. The van der Waals surface area contributed by atoms with Crippen LogP contribution in [0.4, 0.5) is 4.79 Å². The second kappa shape index (κ2) is 8.06. The molecule has 0 saturated heterocycles. The van der Waals surface area contributed by atoms with Crippen molar-refractivity contribution in [2.24, 2.45) is 0 Å². The Bertz CT molecular complexity index is 849. The summed E-state index contributed by atoms with van der Waals surface area (Å²) in [6.07, 6.45) is 0.626. The maximum atomic E-state index is 12.7. The second-order valence-electron chi connectivity index (χ2n) is 6.00. The number of allylic oxidation sites excluding steroid dienone is 1. The quantitative estimate of drug-likeness (QED) is 0.787. The van der Waals surface area contributed by atoms with Crippen molar-refractivity contribution in [1.29, 1.82) is 0 Å². The van der Waals surface area contributed by atoms with Crippen LogP contribution in [0, 0.1) is 0 Å². The molecule has 1 atom stereocenters. The fraction of sp³-hybridized carbons (Fsp3) is 0.200. The molecule has 0 radical (unpaired) electrons. The minimum atomic E-state index is -0.605. The first kappa shape index (κ1) is 18.0. The first-order chi connectivity index (χ1) is 12.5. The molecule has 0 aromatic heterocycles. The Hall–Kier alpha value is -2.79. The van der Waals surface area contributed by atoms with E-state index in [0.29, 0.717) is 22.7 Å². The van der Waals surface area contributed by atoms with Crippen molar-refractivity contribution in [3.05, 3.63) is 82.0 Å². The van der Waals surface area contributed by atoms with Crippen LogP contribution in [0.3, 0.4) is 0 Å². The molecule has 6 heteroatoms.